The van der Waals surface area contributed by atoms with Crippen LogP contribution in [0.25, 0.3) is 0 Å². The predicted octanol–water partition coefficient (Wildman–Crippen LogP) is 4.64. The van der Waals surface area contributed by atoms with E-state index in [1.807, 2.05) is 18.2 Å². The van der Waals surface area contributed by atoms with E-state index in [0.717, 1.165) is 30.9 Å². The highest BCUT2D eigenvalue weighted by Crippen LogP contribution is 2.23. The van der Waals surface area contributed by atoms with Crippen molar-refractivity contribution in [3.63, 3.8) is 0 Å². The molecule has 33 heavy (non-hydrogen) atoms. The van der Waals surface area contributed by atoms with Crippen LogP contribution >= 0.6 is 11.3 Å². The molecular weight excluding hydrogens is 439 g/mol. The number of hydrogen-bond acceptors (Lipinski definition) is 7. The zero-order valence-electron chi connectivity index (χ0n) is 18.5. The Labute approximate surface area is 197 Å². The molecule has 0 unspecified atom stereocenters. The average molecular weight is 469 g/mol. The van der Waals surface area contributed by atoms with Crippen molar-refractivity contribution in [1.29, 1.82) is 0 Å². The van der Waals surface area contributed by atoms with Gasteiger partial charge in [0, 0.05) is 29.4 Å². The van der Waals surface area contributed by atoms with Crippen molar-refractivity contribution in [3.8, 4) is 0 Å². The molecule has 9 heteroatoms. The van der Waals surface area contributed by atoms with Gasteiger partial charge in [-0.25, -0.2) is 14.4 Å². The van der Waals surface area contributed by atoms with Crippen molar-refractivity contribution in [1.82, 2.24) is 20.2 Å². The van der Waals surface area contributed by atoms with Gasteiger partial charge in [-0.1, -0.05) is 23.8 Å². The molecule has 3 aromatic rings. The topological polar surface area (TPSA) is 82.2 Å². The molecule has 0 bridgehead atoms. The number of piperidine rings is 1. The van der Waals surface area contributed by atoms with Gasteiger partial charge in [0.05, 0.1) is 12.2 Å². The van der Waals surface area contributed by atoms with E-state index in [-0.39, 0.29) is 5.91 Å². The van der Waals surface area contributed by atoms with Gasteiger partial charge in [-0.2, -0.15) is 0 Å². The minimum Gasteiger partial charge on any atom is -0.378 e. The predicted molar refractivity (Wildman–Crippen MR) is 131 cm³/mol. The van der Waals surface area contributed by atoms with Crippen LogP contribution in [0, 0.1) is 5.82 Å². The molecule has 174 valence electrons. The molecule has 0 aliphatic carbocycles. The van der Waals surface area contributed by atoms with E-state index in [1.165, 1.54) is 42.7 Å². The Kier molecular flexibility index (Phi) is 8.21. The van der Waals surface area contributed by atoms with Crippen molar-refractivity contribution in [2.24, 2.45) is 0 Å². The molecule has 3 N–H and O–H groups in total. The van der Waals surface area contributed by atoms with E-state index in [9.17, 15) is 9.18 Å². The summed E-state index contributed by atoms with van der Waals surface area (Å²) in [6.45, 7) is 4.33. The van der Waals surface area contributed by atoms with Gasteiger partial charge in [0.25, 0.3) is 5.91 Å². The largest absolute Gasteiger partial charge is 0.378 e. The van der Waals surface area contributed by atoms with E-state index in [2.05, 4.69) is 30.8 Å². The van der Waals surface area contributed by atoms with E-state index < -0.39 is 5.82 Å². The van der Waals surface area contributed by atoms with Gasteiger partial charge >= 0.3 is 0 Å². The minimum absolute atomic E-state index is 0.184. The summed E-state index contributed by atoms with van der Waals surface area (Å²) >= 11 is 1.46. The zero-order valence-corrected chi connectivity index (χ0v) is 19.3. The molecule has 1 aliphatic rings. The lowest BCUT2D eigenvalue weighted by atomic mass is 10.1. The highest BCUT2D eigenvalue weighted by molar-refractivity contribution is 7.15. The third-order valence-corrected chi connectivity index (χ3v) is 6.43. The Hall–Kier alpha value is -3.04. The maximum atomic E-state index is 14.3. The van der Waals surface area contributed by atoms with E-state index in [4.69, 9.17) is 0 Å². The van der Waals surface area contributed by atoms with Crippen LogP contribution in [0.3, 0.4) is 0 Å². The van der Waals surface area contributed by atoms with Gasteiger partial charge in [0.1, 0.15) is 11.6 Å². The first-order valence-corrected chi connectivity index (χ1v) is 12.2. The lowest BCUT2D eigenvalue weighted by Gasteiger charge is -2.26. The highest BCUT2D eigenvalue weighted by atomic mass is 32.1. The molecule has 1 amide bonds. The van der Waals surface area contributed by atoms with Gasteiger partial charge in [-0.15, -0.1) is 0 Å². The van der Waals surface area contributed by atoms with Crippen LogP contribution in [-0.4, -0.2) is 47.0 Å². The fourth-order valence-corrected chi connectivity index (χ4v) is 4.53. The average Bonchev–Trinajstić information content (AvgIpc) is 3.29. The molecular formula is C24H29FN6OS. The number of likely N-dealkylation sites (tertiary alicyclic amines) is 1. The Morgan fingerprint density at radius 2 is 2.00 bits per heavy atom. The number of benzene rings is 1. The number of carbonyl (C=O) groups is 1. The summed E-state index contributed by atoms with van der Waals surface area (Å²) in [6.07, 6.45) is 8.21. The molecule has 1 aromatic carbocycles. The Morgan fingerprint density at radius 1 is 1.12 bits per heavy atom. The highest BCUT2D eigenvalue weighted by Gasteiger charge is 2.12. The lowest BCUT2D eigenvalue weighted by Crippen LogP contribution is -2.33. The quantitative estimate of drug-likeness (QED) is 0.376. The number of carbonyl (C=O) groups excluding carboxylic acids is 1. The molecule has 4 rings (SSSR count). The lowest BCUT2D eigenvalue weighted by molar-refractivity contribution is 0.0951. The third kappa shape index (κ3) is 6.97. The molecule has 7 nitrogen and oxygen atoms in total. The molecule has 1 aliphatic heterocycles. The molecule has 1 fully saturated rings. The third-order valence-electron chi connectivity index (χ3n) is 5.52. The summed E-state index contributed by atoms with van der Waals surface area (Å²) in [5.41, 5.74) is 0.738. The molecule has 1 saturated heterocycles. The van der Waals surface area contributed by atoms with E-state index in [0.29, 0.717) is 35.3 Å². The summed E-state index contributed by atoms with van der Waals surface area (Å²) in [4.78, 5) is 24.4. The fraction of sp³-hybridized carbons (Fsp3) is 0.375. The van der Waals surface area contributed by atoms with Crippen molar-refractivity contribution >= 4 is 33.9 Å². The number of halogens is 1. The molecule has 0 saturated carbocycles. The number of anilines is 3. The number of thiazole rings is 1. The van der Waals surface area contributed by atoms with Crippen LogP contribution < -0.4 is 16.0 Å². The van der Waals surface area contributed by atoms with Gasteiger partial charge in [-0.05, 0) is 69.2 Å². The second kappa shape index (κ2) is 11.7. The smallest absolute Gasteiger partial charge is 0.251 e. The number of nitrogens with zero attached hydrogens (tertiary/aromatic N) is 3. The van der Waals surface area contributed by atoms with Gasteiger partial charge in [-0.3, -0.25) is 4.79 Å². The monoisotopic (exact) mass is 468 g/mol. The van der Waals surface area contributed by atoms with Crippen molar-refractivity contribution < 1.29 is 9.18 Å². The Bertz CT molecular complexity index is 1040. The van der Waals surface area contributed by atoms with Crippen LogP contribution in [0.5, 0.6) is 0 Å². The summed E-state index contributed by atoms with van der Waals surface area (Å²) in [7, 11) is 0. The molecule has 2 aromatic heterocycles. The molecule has 0 atom stereocenters. The SMILES string of the molecule is O=C(NCCCN1CCCCC1)c1ccc(F)c(NCc2cnc(Nc3ccccn3)s2)c1. The number of pyridine rings is 1. The number of amides is 1. The summed E-state index contributed by atoms with van der Waals surface area (Å²) in [6, 6.07) is 10.0. The summed E-state index contributed by atoms with van der Waals surface area (Å²) < 4.78 is 14.3. The van der Waals surface area contributed by atoms with Crippen molar-refractivity contribution in [2.75, 3.05) is 36.8 Å². The normalized spacial score (nSPS) is 14.1. The van der Waals surface area contributed by atoms with Gasteiger partial charge in [0.2, 0.25) is 0 Å². The maximum absolute atomic E-state index is 14.3. The first kappa shape index (κ1) is 23.1. The van der Waals surface area contributed by atoms with Gasteiger partial charge in [0.15, 0.2) is 5.13 Å². The first-order chi connectivity index (χ1) is 16.2. The number of hydrogen-bond donors (Lipinski definition) is 3. The number of rotatable bonds is 10. The Balaban J connectivity index is 1.26. The minimum atomic E-state index is -0.395. The Morgan fingerprint density at radius 3 is 2.82 bits per heavy atom. The molecule has 0 radical (unpaired) electrons. The summed E-state index contributed by atoms with van der Waals surface area (Å²) in [5.74, 6) is 0.136. The second-order valence-electron chi connectivity index (χ2n) is 8.03. The summed E-state index contributed by atoms with van der Waals surface area (Å²) in [5, 5.41) is 9.88. The van der Waals surface area contributed by atoms with Crippen LogP contribution in [0.4, 0.5) is 21.0 Å². The zero-order chi connectivity index (χ0) is 22.9. The standard InChI is InChI=1S/C24H29FN6OS/c25-20-9-8-18(23(32)27-11-6-14-31-12-4-1-5-13-31)15-21(20)28-16-19-17-29-24(33-19)30-22-7-2-3-10-26-22/h2-3,7-10,15,17,28H,1,4-6,11-14,16H2,(H,27,32)(H,26,29,30). The van der Waals surface area contributed by atoms with Gasteiger partial charge < -0.3 is 20.9 Å². The maximum Gasteiger partial charge on any atom is 0.251 e. The molecule has 0 spiro atoms. The van der Waals surface area contributed by atoms with Crippen LogP contribution in [0.2, 0.25) is 0 Å². The van der Waals surface area contributed by atoms with E-state index >= 15 is 0 Å². The fourth-order valence-electron chi connectivity index (χ4n) is 3.77. The number of nitrogens with one attached hydrogen (secondary N) is 3. The van der Waals surface area contributed by atoms with Crippen molar-refractivity contribution in [3.05, 3.63) is 65.0 Å². The van der Waals surface area contributed by atoms with Crippen LogP contribution in [0.1, 0.15) is 40.9 Å². The van der Waals surface area contributed by atoms with E-state index in [1.54, 1.807) is 18.5 Å². The second-order valence-corrected chi connectivity index (χ2v) is 9.15. The first-order valence-electron chi connectivity index (χ1n) is 11.3. The molecule has 3 heterocycles. The van der Waals surface area contributed by atoms with Crippen LogP contribution in [-0.2, 0) is 6.54 Å². The number of aromatic nitrogens is 2. The van der Waals surface area contributed by atoms with Crippen LogP contribution in [0.15, 0.2) is 48.8 Å². The van der Waals surface area contributed by atoms with Crippen molar-refractivity contribution in [2.45, 2.75) is 32.2 Å².